The summed E-state index contributed by atoms with van der Waals surface area (Å²) in [6.45, 7) is 1.94. The van der Waals surface area contributed by atoms with Crippen LogP contribution < -0.4 is 0 Å². The maximum Gasteiger partial charge on any atom is 0.310 e. The minimum Gasteiger partial charge on any atom is -0.481 e. The number of ether oxygens (including phenoxy) is 1. The number of aliphatic carboxylic acids is 1. The first-order valence-electron chi connectivity index (χ1n) is 6.56. The highest BCUT2D eigenvalue weighted by Gasteiger charge is 2.36. The van der Waals surface area contributed by atoms with Gasteiger partial charge < -0.3 is 9.84 Å². The first-order valence-corrected chi connectivity index (χ1v) is 11.3. The molecule has 0 aromatic carbocycles. The molecule has 4 nitrogen and oxygen atoms in total. The minimum absolute atomic E-state index is 0.0821. The summed E-state index contributed by atoms with van der Waals surface area (Å²) in [6, 6.07) is 0. The van der Waals surface area contributed by atoms with Crippen molar-refractivity contribution in [1.82, 2.24) is 0 Å². The third kappa shape index (κ3) is 4.68. The SMILES string of the molecule is C[C@@H](C(=O)OC1SSCC1CCC(=O)O)[C@@H]1CCSS1. The molecule has 20 heavy (non-hydrogen) atoms. The zero-order chi connectivity index (χ0) is 14.5. The van der Waals surface area contributed by atoms with Crippen LogP contribution >= 0.6 is 43.2 Å². The zero-order valence-electron chi connectivity index (χ0n) is 11.1. The van der Waals surface area contributed by atoms with E-state index in [1.54, 1.807) is 32.4 Å². The lowest BCUT2D eigenvalue weighted by molar-refractivity contribution is -0.150. The van der Waals surface area contributed by atoms with Gasteiger partial charge in [0.25, 0.3) is 0 Å². The average molecular weight is 355 g/mol. The molecule has 8 heteroatoms. The largest absolute Gasteiger partial charge is 0.481 e. The number of carboxylic acids is 1. The number of carboxylic acid groups (broad SMARTS) is 1. The molecular formula is C12H18O4S4. The van der Waals surface area contributed by atoms with Crippen LogP contribution in [-0.2, 0) is 14.3 Å². The fourth-order valence-corrected chi connectivity index (χ4v) is 8.33. The van der Waals surface area contributed by atoms with Crippen LogP contribution in [0.15, 0.2) is 0 Å². The van der Waals surface area contributed by atoms with E-state index in [-0.39, 0.29) is 29.7 Å². The molecule has 2 aliphatic rings. The monoisotopic (exact) mass is 354 g/mol. The minimum atomic E-state index is -0.787. The second kappa shape index (κ2) is 8.10. The van der Waals surface area contributed by atoms with Crippen LogP contribution in [0.25, 0.3) is 0 Å². The maximum atomic E-state index is 12.2. The fourth-order valence-electron chi connectivity index (χ4n) is 2.05. The molecule has 2 heterocycles. The molecule has 2 unspecified atom stereocenters. The molecule has 2 aliphatic heterocycles. The number of hydrogen-bond acceptors (Lipinski definition) is 7. The van der Waals surface area contributed by atoms with Gasteiger partial charge >= 0.3 is 11.9 Å². The predicted octanol–water partition coefficient (Wildman–Crippen LogP) is 3.52. The van der Waals surface area contributed by atoms with E-state index >= 15 is 0 Å². The van der Waals surface area contributed by atoms with Crippen molar-refractivity contribution in [2.45, 2.75) is 36.9 Å². The van der Waals surface area contributed by atoms with E-state index in [4.69, 9.17) is 9.84 Å². The molecule has 2 fully saturated rings. The van der Waals surface area contributed by atoms with Gasteiger partial charge in [0.2, 0.25) is 0 Å². The van der Waals surface area contributed by atoms with Crippen molar-refractivity contribution in [3.8, 4) is 0 Å². The molecule has 0 amide bonds. The van der Waals surface area contributed by atoms with Gasteiger partial charge in [-0.25, -0.2) is 0 Å². The van der Waals surface area contributed by atoms with Crippen LogP contribution in [0, 0.1) is 11.8 Å². The Hall–Kier alpha value is 0.340. The van der Waals surface area contributed by atoms with Crippen molar-refractivity contribution in [2.75, 3.05) is 11.5 Å². The molecule has 0 spiro atoms. The molecule has 0 aliphatic carbocycles. The van der Waals surface area contributed by atoms with Gasteiger partial charge in [-0.3, -0.25) is 9.59 Å². The molecule has 0 saturated carbocycles. The molecule has 0 aromatic heterocycles. The van der Waals surface area contributed by atoms with Gasteiger partial charge in [-0.15, -0.1) is 0 Å². The molecule has 4 atom stereocenters. The summed E-state index contributed by atoms with van der Waals surface area (Å²) in [6.07, 6.45) is 1.78. The number of carbonyl (C=O) groups is 2. The van der Waals surface area contributed by atoms with E-state index < -0.39 is 5.97 Å². The Balaban J connectivity index is 1.81. The Morgan fingerprint density at radius 2 is 2.15 bits per heavy atom. The molecule has 114 valence electrons. The van der Waals surface area contributed by atoms with E-state index in [0.717, 1.165) is 17.9 Å². The Morgan fingerprint density at radius 1 is 1.35 bits per heavy atom. The topological polar surface area (TPSA) is 63.6 Å². The summed E-state index contributed by atoms with van der Waals surface area (Å²) >= 11 is 0. The summed E-state index contributed by atoms with van der Waals surface area (Å²) in [7, 11) is 6.82. The number of hydrogen-bond donors (Lipinski definition) is 1. The lowest BCUT2D eigenvalue weighted by Crippen LogP contribution is -2.29. The second-order valence-electron chi connectivity index (χ2n) is 4.91. The first-order chi connectivity index (χ1) is 9.58. The van der Waals surface area contributed by atoms with Crippen molar-refractivity contribution in [2.24, 2.45) is 11.8 Å². The number of esters is 1. The molecule has 0 bridgehead atoms. The summed E-state index contributed by atoms with van der Waals surface area (Å²) in [5, 5.41) is 9.10. The summed E-state index contributed by atoms with van der Waals surface area (Å²) in [5.74, 6) is 1.11. The van der Waals surface area contributed by atoms with Crippen molar-refractivity contribution in [3.05, 3.63) is 0 Å². The molecule has 0 aromatic rings. The van der Waals surface area contributed by atoms with Gasteiger partial charge in [-0.05, 0) is 23.6 Å². The summed E-state index contributed by atoms with van der Waals surface area (Å²) in [5.41, 5.74) is -0.187. The molecular weight excluding hydrogens is 336 g/mol. The van der Waals surface area contributed by atoms with Crippen molar-refractivity contribution in [1.29, 1.82) is 0 Å². The van der Waals surface area contributed by atoms with Crippen LogP contribution in [-0.4, -0.2) is 39.2 Å². The smallest absolute Gasteiger partial charge is 0.310 e. The third-order valence-corrected chi connectivity index (χ3v) is 9.23. The maximum absolute atomic E-state index is 12.2. The van der Waals surface area contributed by atoms with Gasteiger partial charge in [0.15, 0.2) is 5.44 Å². The van der Waals surface area contributed by atoms with E-state index in [1.165, 1.54) is 0 Å². The van der Waals surface area contributed by atoms with Gasteiger partial charge in [0.1, 0.15) is 0 Å². The Labute approximate surface area is 134 Å². The van der Waals surface area contributed by atoms with Crippen molar-refractivity contribution >= 4 is 55.1 Å². The molecule has 2 rings (SSSR count). The standard InChI is InChI=1S/C12H18O4S4/c1-7(9-4-5-17-19-9)11(15)16-12-8(6-18-20-12)2-3-10(13)14/h7-9,12H,2-6H2,1H3,(H,13,14)/t7-,8?,9+,12?/m1/s1. The second-order valence-corrected chi connectivity index (χ2v) is 10.1. The molecule has 1 N–H and O–H groups in total. The van der Waals surface area contributed by atoms with E-state index in [2.05, 4.69) is 0 Å². The highest BCUT2D eigenvalue weighted by atomic mass is 33.1. The highest BCUT2D eigenvalue weighted by molar-refractivity contribution is 8.77. The Kier molecular flexibility index (Phi) is 6.77. The van der Waals surface area contributed by atoms with Crippen molar-refractivity contribution in [3.63, 3.8) is 0 Å². The number of carbonyl (C=O) groups excluding carboxylic acids is 1. The average Bonchev–Trinajstić information content (AvgIpc) is 3.06. The van der Waals surface area contributed by atoms with Crippen LogP contribution in [0.2, 0.25) is 0 Å². The van der Waals surface area contributed by atoms with Crippen LogP contribution in [0.5, 0.6) is 0 Å². The zero-order valence-corrected chi connectivity index (χ0v) is 14.4. The lowest BCUT2D eigenvalue weighted by Gasteiger charge is -2.22. The summed E-state index contributed by atoms with van der Waals surface area (Å²) < 4.78 is 5.62. The van der Waals surface area contributed by atoms with Gasteiger partial charge in [0.05, 0.1) is 5.92 Å². The van der Waals surface area contributed by atoms with Crippen LogP contribution in [0.1, 0.15) is 26.2 Å². The highest BCUT2D eigenvalue weighted by Crippen LogP contribution is 2.46. The van der Waals surface area contributed by atoms with Crippen LogP contribution in [0.4, 0.5) is 0 Å². The summed E-state index contributed by atoms with van der Waals surface area (Å²) in [4.78, 5) is 22.8. The van der Waals surface area contributed by atoms with Crippen LogP contribution in [0.3, 0.4) is 0 Å². The van der Waals surface area contributed by atoms with E-state index in [1.807, 2.05) is 17.7 Å². The van der Waals surface area contributed by atoms with E-state index in [9.17, 15) is 9.59 Å². The lowest BCUT2D eigenvalue weighted by atomic mass is 10.0. The van der Waals surface area contributed by atoms with Gasteiger partial charge in [0, 0.05) is 29.1 Å². The van der Waals surface area contributed by atoms with Crippen molar-refractivity contribution < 1.29 is 19.4 Å². The quantitative estimate of drug-likeness (QED) is 0.574. The number of rotatable bonds is 6. The molecule has 0 radical (unpaired) electrons. The van der Waals surface area contributed by atoms with E-state index in [0.29, 0.717) is 11.7 Å². The Morgan fingerprint density at radius 3 is 2.80 bits per heavy atom. The fraction of sp³-hybridized carbons (Fsp3) is 0.833. The third-order valence-electron chi connectivity index (χ3n) is 3.40. The Bertz CT molecular complexity index is 359. The first kappa shape index (κ1) is 16.7. The van der Waals surface area contributed by atoms with Gasteiger partial charge in [-0.1, -0.05) is 39.3 Å². The normalized spacial score (nSPS) is 31.1. The predicted molar refractivity (Wildman–Crippen MR) is 87.9 cm³/mol. The van der Waals surface area contributed by atoms with Gasteiger partial charge in [-0.2, -0.15) is 0 Å². The molecule has 2 saturated heterocycles.